The first-order valence-electron chi connectivity index (χ1n) is 6.68. The molecule has 0 amide bonds. The third-order valence-electron chi connectivity index (χ3n) is 2.91. The van der Waals surface area contributed by atoms with E-state index in [-0.39, 0.29) is 0 Å². The van der Waals surface area contributed by atoms with E-state index in [1.807, 2.05) is 31.2 Å². The molecule has 0 aliphatic carbocycles. The van der Waals surface area contributed by atoms with Gasteiger partial charge in [0.25, 0.3) is 5.76 Å². The van der Waals surface area contributed by atoms with E-state index in [1.165, 1.54) is 5.56 Å². The van der Waals surface area contributed by atoms with Crippen molar-refractivity contribution in [2.24, 2.45) is 0 Å². The standard InChI is InChI=1S/C16H16F2N2S2/c1-11-2-4-12(5-3-11)10-19-16(21)20-13-6-8-14(9-7-13)22-15(17)18/h2-9,15H,10H2,1H3,(H2,19,20,21). The molecule has 0 saturated heterocycles. The Bertz CT molecular complexity index is 613. The van der Waals surface area contributed by atoms with E-state index in [9.17, 15) is 8.78 Å². The van der Waals surface area contributed by atoms with E-state index in [2.05, 4.69) is 10.6 Å². The van der Waals surface area contributed by atoms with E-state index < -0.39 is 5.76 Å². The Morgan fingerprint density at radius 2 is 1.73 bits per heavy atom. The van der Waals surface area contributed by atoms with Gasteiger partial charge in [0.2, 0.25) is 0 Å². The Balaban J connectivity index is 1.82. The summed E-state index contributed by atoms with van der Waals surface area (Å²) in [6.07, 6.45) is 0. The molecular weight excluding hydrogens is 322 g/mol. The van der Waals surface area contributed by atoms with E-state index in [4.69, 9.17) is 12.2 Å². The van der Waals surface area contributed by atoms with Gasteiger partial charge in [-0.25, -0.2) is 0 Å². The van der Waals surface area contributed by atoms with E-state index >= 15 is 0 Å². The SMILES string of the molecule is Cc1ccc(CNC(=S)Nc2ccc(SC(F)F)cc2)cc1. The van der Waals surface area contributed by atoms with Crippen LogP contribution in [0.15, 0.2) is 53.4 Å². The number of rotatable bonds is 5. The summed E-state index contributed by atoms with van der Waals surface area (Å²) in [6, 6.07) is 14.9. The maximum absolute atomic E-state index is 12.2. The Hall–Kier alpha value is -1.66. The molecule has 0 fully saturated rings. The van der Waals surface area contributed by atoms with Crippen molar-refractivity contribution in [2.75, 3.05) is 5.32 Å². The summed E-state index contributed by atoms with van der Waals surface area (Å²) in [6.45, 7) is 2.67. The number of aryl methyl sites for hydroxylation is 1. The van der Waals surface area contributed by atoms with Gasteiger partial charge in [-0.3, -0.25) is 0 Å². The molecule has 0 unspecified atom stereocenters. The van der Waals surface area contributed by atoms with Gasteiger partial charge in [0.1, 0.15) is 0 Å². The van der Waals surface area contributed by atoms with Crippen molar-refractivity contribution in [3.05, 3.63) is 59.7 Å². The molecule has 0 aromatic heterocycles. The molecule has 2 rings (SSSR count). The molecule has 6 heteroatoms. The van der Waals surface area contributed by atoms with Crippen LogP contribution in [0.25, 0.3) is 0 Å². The van der Waals surface area contributed by atoms with Crippen LogP contribution in [0.2, 0.25) is 0 Å². The minimum atomic E-state index is -2.41. The van der Waals surface area contributed by atoms with Gasteiger partial charge in [0.05, 0.1) is 0 Å². The summed E-state index contributed by atoms with van der Waals surface area (Å²) < 4.78 is 24.5. The number of benzene rings is 2. The molecule has 2 aromatic rings. The van der Waals surface area contributed by atoms with Crippen molar-refractivity contribution >= 4 is 34.8 Å². The van der Waals surface area contributed by atoms with Crippen molar-refractivity contribution in [2.45, 2.75) is 24.1 Å². The van der Waals surface area contributed by atoms with Crippen molar-refractivity contribution < 1.29 is 8.78 Å². The third-order valence-corrected chi connectivity index (χ3v) is 3.88. The second-order valence-electron chi connectivity index (χ2n) is 4.70. The lowest BCUT2D eigenvalue weighted by Gasteiger charge is -2.11. The van der Waals surface area contributed by atoms with Gasteiger partial charge in [0, 0.05) is 17.1 Å². The van der Waals surface area contributed by atoms with Crippen LogP contribution in [0.5, 0.6) is 0 Å². The zero-order valence-electron chi connectivity index (χ0n) is 12.0. The summed E-state index contributed by atoms with van der Waals surface area (Å²) in [7, 11) is 0. The highest BCUT2D eigenvalue weighted by atomic mass is 32.2. The molecule has 0 spiro atoms. The van der Waals surface area contributed by atoms with Gasteiger partial charge in [-0.15, -0.1) is 0 Å². The van der Waals surface area contributed by atoms with Crippen LogP contribution < -0.4 is 10.6 Å². The molecule has 0 heterocycles. The van der Waals surface area contributed by atoms with Crippen molar-refractivity contribution in [1.82, 2.24) is 5.32 Å². The van der Waals surface area contributed by atoms with Crippen molar-refractivity contribution in [1.29, 1.82) is 0 Å². The zero-order chi connectivity index (χ0) is 15.9. The molecule has 22 heavy (non-hydrogen) atoms. The normalized spacial score (nSPS) is 10.5. The fourth-order valence-corrected chi connectivity index (χ4v) is 2.47. The van der Waals surface area contributed by atoms with Crippen LogP contribution in [-0.2, 0) is 6.54 Å². The first-order valence-corrected chi connectivity index (χ1v) is 7.97. The Labute approximate surface area is 138 Å². The van der Waals surface area contributed by atoms with Crippen LogP contribution in [0, 0.1) is 6.92 Å². The number of thioether (sulfide) groups is 1. The van der Waals surface area contributed by atoms with Crippen LogP contribution in [-0.4, -0.2) is 10.9 Å². The lowest BCUT2D eigenvalue weighted by atomic mass is 10.1. The van der Waals surface area contributed by atoms with Crippen LogP contribution in [0.4, 0.5) is 14.5 Å². The molecule has 2 N–H and O–H groups in total. The Morgan fingerprint density at radius 1 is 1.09 bits per heavy atom. The monoisotopic (exact) mass is 338 g/mol. The summed E-state index contributed by atoms with van der Waals surface area (Å²) in [5.74, 6) is -2.41. The highest BCUT2D eigenvalue weighted by Crippen LogP contribution is 2.26. The third kappa shape index (κ3) is 5.61. The number of anilines is 1. The maximum atomic E-state index is 12.2. The second-order valence-corrected chi connectivity index (χ2v) is 6.17. The number of hydrogen-bond acceptors (Lipinski definition) is 2. The summed E-state index contributed by atoms with van der Waals surface area (Å²) >= 11 is 5.74. The molecule has 2 aromatic carbocycles. The fraction of sp³-hybridized carbons (Fsp3) is 0.188. The van der Waals surface area contributed by atoms with Gasteiger partial charge in [0.15, 0.2) is 5.11 Å². The number of alkyl halides is 2. The molecule has 0 atom stereocenters. The average molecular weight is 338 g/mol. The first-order chi connectivity index (χ1) is 10.5. The van der Waals surface area contributed by atoms with E-state index in [0.717, 1.165) is 11.3 Å². The van der Waals surface area contributed by atoms with E-state index in [1.54, 1.807) is 24.3 Å². The van der Waals surface area contributed by atoms with Gasteiger partial charge in [-0.1, -0.05) is 41.6 Å². The van der Waals surface area contributed by atoms with Crippen LogP contribution in [0.1, 0.15) is 11.1 Å². The predicted molar refractivity (Wildman–Crippen MR) is 92.5 cm³/mol. The maximum Gasteiger partial charge on any atom is 0.288 e. The Kier molecular flexibility index (Phi) is 6.15. The lowest BCUT2D eigenvalue weighted by molar-refractivity contribution is 0.252. The highest BCUT2D eigenvalue weighted by molar-refractivity contribution is 7.99. The summed E-state index contributed by atoms with van der Waals surface area (Å²) in [5, 5.41) is 6.63. The molecule has 116 valence electrons. The molecule has 0 aliphatic heterocycles. The van der Waals surface area contributed by atoms with E-state index in [0.29, 0.717) is 28.3 Å². The fourth-order valence-electron chi connectivity index (χ4n) is 1.78. The predicted octanol–water partition coefficient (Wildman–Crippen LogP) is 4.80. The zero-order valence-corrected chi connectivity index (χ0v) is 13.6. The minimum Gasteiger partial charge on any atom is -0.358 e. The van der Waals surface area contributed by atoms with Gasteiger partial charge >= 0.3 is 0 Å². The number of halogens is 2. The highest BCUT2D eigenvalue weighted by Gasteiger charge is 2.05. The number of thiocarbonyl (C=S) groups is 1. The molecule has 0 radical (unpaired) electrons. The molecule has 0 aliphatic rings. The largest absolute Gasteiger partial charge is 0.358 e. The van der Waals surface area contributed by atoms with Gasteiger partial charge < -0.3 is 10.6 Å². The molecule has 2 nitrogen and oxygen atoms in total. The van der Waals surface area contributed by atoms with Crippen LogP contribution in [0.3, 0.4) is 0 Å². The summed E-state index contributed by atoms with van der Waals surface area (Å²) in [4.78, 5) is 0.527. The van der Waals surface area contributed by atoms with Crippen molar-refractivity contribution in [3.63, 3.8) is 0 Å². The molecule has 0 saturated carbocycles. The molecule has 0 bridgehead atoms. The second kappa shape index (κ2) is 8.10. The Morgan fingerprint density at radius 3 is 2.32 bits per heavy atom. The smallest absolute Gasteiger partial charge is 0.288 e. The van der Waals surface area contributed by atoms with Crippen molar-refractivity contribution in [3.8, 4) is 0 Å². The lowest BCUT2D eigenvalue weighted by Crippen LogP contribution is -2.27. The first kappa shape index (κ1) is 16.7. The van der Waals surface area contributed by atoms with Crippen LogP contribution >= 0.6 is 24.0 Å². The average Bonchev–Trinajstić information content (AvgIpc) is 2.48. The summed E-state index contributed by atoms with van der Waals surface area (Å²) in [5.41, 5.74) is 3.12. The molecular formula is C16H16F2N2S2. The quantitative estimate of drug-likeness (QED) is 0.604. The van der Waals surface area contributed by atoms with Gasteiger partial charge in [-0.2, -0.15) is 8.78 Å². The minimum absolute atomic E-state index is 0.495. The number of nitrogens with one attached hydrogen (secondary N) is 2. The number of hydrogen-bond donors (Lipinski definition) is 2. The topological polar surface area (TPSA) is 24.1 Å². The van der Waals surface area contributed by atoms with Gasteiger partial charge in [-0.05, 0) is 49.0 Å².